The van der Waals surface area contributed by atoms with Gasteiger partial charge in [0.15, 0.2) is 0 Å². The van der Waals surface area contributed by atoms with Crippen LogP contribution in [0.5, 0.6) is 0 Å². The molecule has 3 heteroatoms. The number of hydrogen-bond acceptors (Lipinski definition) is 2. The first-order valence-corrected chi connectivity index (χ1v) is 6.88. The number of likely N-dealkylation sites (tertiary alicyclic amines) is 1. The van der Waals surface area contributed by atoms with E-state index < -0.39 is 0 Å². The van der Waals surface area contributed by atoms with Gasteiger partial charge in [0.1, 0.15) is 5.84 Å². The summed E-state index contributed by atoms with van der Waals surface area (Å²) in [5.41, 5.74) is 0. The highest BCUT2D eigenvalue weighted by Crippen LogP contribution is 2.27. The van der Waals surface area contributed by atoms with Gasteiger partial charge in [-0.15, -0.1) is 0 Å². The van der Waals surface area contributed by atoms with Crippen molar-refractivity contribution in [2.24, 2.45) is 0 Å². The van der Waals surface area contributed by atoms with E-state index in [4.69, 9.17) is 5.41 Å². The molecule has 14 heavy (non-hydrogen) atoms. The number of thioether (sulfide) groups is 1. The van der Waals surface area contributed by atoms with Crippen LogP contribution in [0.2, 0.25) is 0 Å². The van der Waals surface area contributed by atoms with Crippen molar-refractivity contribution in [3.63, 3.8) is 0 Å². The topological polar surface area (TPSA) is 27.1 Å². The molecule has 0 saturated carbocycles. The number of nitrogens with zero attached hydrogens (tertiary/aromatic N) is 1. The second-order valence-electron chi connectivity index (χ2n) is 4.29. The fraction of sp³-hybridized carbons (Fsp3) is 0.909. The summed E-state index contributed by atoms with van der Waals surface area (Å²) in [4.78, 5) is 2.31. The average molecular weight is 212 g/mol. The van der Waals surface area contributed by atoms with E-state index in [9.17, 15) is 0 Å². The maximum absolute atomic E-state index is 8.18. The second-order valence-corrected chi connectivity index (χ2v) is 5.60. The van der Waals surface area contributed by atoms with Crippen LogP contribution in [-0.2, 0) is 0 Å². The van der Waals surface area contributed by atoms with Crippen molar-refractivity contribution < 1.29 is 0 Å². The molecule has 2 fully saturated rings. The first-order chi connectivity index (χ1) is 6.88. The predicted molar refractivity (Wildman–Crippen MR) is 63.2 cm³/mol. The molecule has 0 amide bonds. The third-order valence-electron chi connectivity index (χ3n) is 3.18. The van der Waals surface area contributed by atoms with Gasteiger partial charge in [0, 0.05) is 13.1 Å². The van der Waals surface area contributed by atoms with Gasteiger partial charge in [-0.25, -0.2) is 0 Å². The van der Waals surface area contributed by atoms with Crippen LogP contribution in [0.1, 0.15) is 38.5 Å². The fourth-order valence-electron chi connectivity index (χ4n) is 2.29. The van der Waals surface area contributed by atoms with Crippen LogP contribution in [0.4, 0.5) is 0 Å². The van der Waals surface area contributed by atoms with Gasteiger partial charge in [0.2, 0.25) is 0 Å². The highest BCUT2D eigenvalue weighted by atomic mass is 32.2. The third kappa shape index (κ3) is 2.44. The van der Waals surface area contributed by atoms with E-state index in [1.165, 1.54) is 44.3 Å². The molecule has 2 nitrogen and oxygen atoms in total. The highest BCUT2D eigenvalue weighted by Gasteiger charge is 2.23. The molecule has 2 saturated heterocycles. The molecule has 0 radical (unpaired) electrons. The molecule has 1 N–H and O–H groups in total. The van der Waals surface area contributed by atoms with Crippen LogP contribution >= 0.6 is 11.8 Å². The van der Waals surface area contributed by atoms with Crippen LogP contribution < -0.4 is 0 Å². The monoisotopic (exact) mass is 212 g/mol. The van der Waals surface area contributed by atoms with Crippen molar-refractivity contribution >= 4 is 17.6 Å². The van der Waals surface area contributed by atoms with Gasteiger partial charge >= 0.3 is 0 Å². The quantitative estimate of drug-likeness (QED) is 0.534. The summed E-state index contributed by atoms with van der Waals surface area (Å²) in [6.07, 6.45) is 7.86. The van der Waals surface area contributed by atoms with Crippen LogP contribution in [-0.4, -0.2) is 34.8 Å². The zero-order valence-corrected chi connectivity index (χ0v) is 9.61. The van der Waals surface area contributed by atoms with Crippen molar-refractivity contribution in [1.29, 1.82) is 5.41 Å². The molecule has 0 aromatic carbocycles. The van der Waals surface area contributed by atoms with Gasteiger partial charge < -0.3 is 4.90 Å². The molecular weight excluding hydrogens is 192 g/mol. The van der Waals surface area contributed by atoms with Crippen molar-refractivity contribution in [2.75, 3.05) is 18.8 Å². The molecule has 2 aliphatic rings. The van der Waals surface area contributed by atoms with Crippen molar-refractivity contribution in [3.05, 3.63) is 0 Å². The maximum Gasteiger partial charge on any atom is 0.109 e. The molecule has 0 aromatic heterocycles. The predicted octanol–water partition coefficient (Wildman–Crippen LogP) is 2.74. The number of piperidine rings is 1. The van der Waals surface area contributed by atoms with Crippen molar-refractivity contribution in [3.8, 4) is 0 Å². The largest absolute Gasteiger partial charge is 0.360 e. The van der Waals surface area contributed by atoms with Crippen LogP contribution in [0.25, 0.3) is 0 Å². The molecule has 1 atom stereocenters. The van der Waals surface area contributed by atoms with Gasteiger partial charge in [-0.3, -0.25) is 5.41 Å². The molecular formula is C11H20N2S. The van der Waals surface area contributed by atoms with Gasteiger partial charge in [0.05, 0.1) is 5.25 Å². The van der Waals surface area contributed by atoms with E-state index >= 15 is 0 Å². The summed E-state index contributed by atoms with van der Waals surface area (Å²) in [7, 11) is 0. The standard InChI is InChI=1S/C11H20N2S/c12-11(10-6-2-5-9-14-10)13-7-3-1-4-8-13/h10,12H,1-9H2. The van der Waals surface area contributed by atoms with E-state index in [1.807, 2.05) is 11.8 Å². The molecule has 1 unspecified atom stereocenters. The highest BCUT2D eigenvalue weighted by molar-refractivity contribution is 8.00. The molecule has 0 aliphatic carbocycles. The van der Waals surface area contributed by atoms with Crippen LogP contribution in [0.3, 0.4) is 0 Å². The molecule has 0 spiro atoms. The molecule has 0 bridgehead atoms. The van der Waals surface area contributed by atoms with Crippen molar-refractivity contribution in [1.82, 2.24) is 4.90 Å². The van der Waals surface area contributed by atoms with Crippen LogP contribution in [0, 0.1) is 5.41 Å². The summed E-state index contributed by atoms with van der Waals surface area (Å²) in [5.74, 6) is 2.19. The molecule has 2 heterocycles. The van der Waals surface area contributed by atoms with Gasteiger partial charge in [-0.1, -0.05) is 6.42 Å². The summed E-state index contributed by atoms with van der Waals surface area (Å²) >= 11 is 2.00. The number of rotatable bonds is 1. The van der Waals surface area contributed by atoms with E-state index in [2.05, 4.69) is 4.90 Å². The van der Waals surface area contributed by atoms with Gasteiger partial charge in [-0.05, 0) is 37.9 Å². The summed E-state index contributed by atoms with van der Waals surface area (Å²) in [6.45, 7) is 2.27. The lowest BCUT2D eigenvalue weighted by molar-refractivity contribution is 0.334. The van der Waals surface area contributed by atoms with Crippen molar-refractivity contribution in [2.45, 2.75) is 43.8 Å². The summed E-state index contributed by atoms with van der Waals surface area (Å²) < 4.78 is 0. The lowest BCUT2D eigenvalue weighted by Gasteiger charge is -2.34. The molecule has 0 aromatic rings. The Morgan fingerprint density at radius 1 is 1.07 bits per heavy atom. The second kappa shape index (κ2) is 5.06. The fourth-order valence-corrected chi connectivity index (χ4v) is 3.59. The minimum absolute atomic E-state index is 0.516. The average Bonchev–Trinajstić information content (AvgIpc) is 2.30. The number of nitrogens with one attached hydrogen (secondary N) is 1. The summed E-state index contributed by atoms with van der Waals surface area (Å²) in [5, 5.41) is 8.70. The Kier molecular flexibility index (Phi) is 3.74. The Morgan fingerprint density at radius 3 is 2.50 bits per heavy atom. The Morgan fingerprint density at radius 2 is 1.86 bits per heavy atom. The Hall–Kier alpha value is -0.180. The lowest BCUT2D eigenvalue weighted by atomic mass is 10.1. The number of amidine groups is 1. The van der Waals surface area contributed by atoms with E-state index in [0.717, 1.165) is 18.9 Å². The molecule has 80 valence electrons. The smallest absolute Gasteiger partial charge is 0.109 e. The van der Waals surface area contributed by atoms with Gasteiger partial charge in [-0.2, -0.15) is 11.8 Å². The molecule has 2 aliphatic heterocycles. The third-order valence-corrected chi connectivity index (χ3v) is 4.57. The Balaban J connectivity index is 1.85. The van der Waals surface area contributed by atoms with Gasteiger partial charge in [0.25, 0.3) is 0 Å². The number of hydrogen-bond donors (Lipinski definition) is 1. The maximum atomic E-state index is 8.18. The normalized spacial score (nSPS) is 28.9. The lowest BCUT2D eigenvalue weighted by Crippen LogP contribution is -2.41. The zero-order valence-electron chi connectivity index (χ0n) is 8.80. The van der Waals surface area contributed by atoms with Crippen LogP contribution in [0.15, 0.2) is 0 Å². The SMILES string of the molecule is N=C(C1CCCCS1)N1CCCCC1. The first kappa shape index (κ1) is 10.3. The van der Waals surface area contributed by atoms with E-state index in [-0.39, 0.29) is 0 Å². The summed E-state index contributed by atoms with van der Waals surface area (Å²) in [6, 6.07) is 0. The minimum Gasteiger partial charge on any atom is -0.360 e. The van der Waals surface area contributed by atoms with E-state index in [0.29, 0.717) is 5.25 Å². The Bertz CT molecular complexity index is 173. The van der Waals surface area contributed by atoms with E-state index in [1.54, 1.807) is 0 Å². The molecule has 2 rings (SSSR count). The Labute approximate surface area is 90.9 Å². The first-order valence-electron chi connectivity index (χ1n) is 5.83. The minimum atomic E-state index is 0.516. The zero-order chi connectivity index (χ0) is 9.80.